The van der Waals surface area contributed by atoms with Gasteiger partial charge in [0.15, 0.2) is 11.2 Å². The molecule has 0 amide bonds. The Morgan fingerprint density at radius 1 is 0.792 bits per heavy atom. The summed E-state index contributed by atoms with van der Waals surface area (Å²) in [4.78, 5) is 51.1. The number of cyclic esters (lactones) is 2. The highest BCUT2D eigenvalue weighted by Crippen LogP contribution is 2.58. The average Bonchev–Trinajstić information content (AvgIpc) is 3.38. The SMILES string of the molecule is CC(=C[C@@H]1CC(C)=CC(=O)O1)CCC[C@@H]1CC[C@@](CCCC(C)=C[C@@H]2CC(C)=CC(=O)O2)(C2=CC(=O)C(C)(C)O2)C2=C1OC(C)(C)C2=O. The maximum atomic E-state index is 14.2. The number of carbonyl (C=O) groups is 4. The predicted octanol–water partition coefficient (Wildman–Crippen LogP) is 8.03. The summed E-state index contributed by atoms with van der Waals surface area (Å²) in [6.45, 7) is 15.2. The Bertz CT molecular complexity index is 1560. The van der Waals surface area contributed by atoms with Gasteiger partial charge in [0.2, 0.25) is 11.6 Å². The van der Waals surface area contributed by atoms with Gasteiger partial charge < -0.3 is 18.9 Å². The molecule has 0 N–H and O–H groups in total. The van der Waals surface area contributed by atoms with Crippen molar-refractivity contribution in [1.82, 2.24) is 0 Å². The molecule has 8 nitrogen and oxygen atoms in total. The molecule has 5 rings (SSSR count). The van der Waals surface area contributed by atoms with Gasteiger partial charge in [-0.25, -0.2) is 9.59 Å². The molecule has 0 saturated carbocycles. The minimum atomic E-state index is -1.00. The molecular formula is C40H52O8. The maximum Gasteiger partial charge on any atom is 0.331 e. The Hall–Kier alpha value is -3.68. The van der Waals surface area contributed by atoms with Gasteiger partial charge in [-0.1, -0.05) is 22.3 Å². The zero-order valence-corrected chi connectivity index (χ0v) is 30.0. The number of hydrogen-bond acceptors (Lipinski definition) is 8. The quantitative estimate of drug-likeness (QED) is 0.162. The first-order valence-corrected chi connectivity index (χ1v) is 17.5. The van der Waals surface area contributed by atoms with Gasteiger partial charge in [0.25, 0.3) is 0 Å². The molecule has 48 heavy (non-hydrogen) atoms. The normalized spacial score (nSPS) is 30.2. The summed E-state index contributed by atoms with van der Waals surface area (Å²) in [6.07, 6.45) is 15.9. The van der Waals surface area contributed by atoms with Crippen molar-refractivity contribution in [1.29, 1.82) is 0 Å². The topological polar surface area (TPSA) is 105 Å². The molecule has 0 bridgehead atoms. The highest BCUT2D eigenvalue weighted by atomic mass is 16.5. The van der Waals surface area contributed by atoms with Crippen molar-refractivity contribution in [2.45, 2.75) is 143 Å². The highest BCUT2D eigenvalue weighted by molar-refractivity contribution is 6.06. The fourth-order valence-corrected chi connectivity index (χ4v) is 7.87. The van der Waals surface area contributed by atoms with Gasteiger partial charge in [-0.3, -0.25) is 9.59 Å². The van der Waals surface area contributed by atoms with Crippen molar-refractivity contribution in [2.75, 3.05) is 0 Å². The van der Waals surface area contributed by atoms with Gasteiger partial charge in [-0.15, -0.1) is 0 Å². The second kappa shape index (κ2) is 13.7. The highest BCUT2D eigenvalue weighted by Gasteiger charge is 2.58. The van der Waals surface area contributed by atoms with E-state index >= 15 is 0 Å². The molecule has 0 aromatic carbocycles. The van der Waals surface area contributed by atoms with Crippen LogP contribution in [0.15, 0.2) is 69.8 Å². The fourth-order valence-electron chi connectivity index (χ4n) is 7.87. The van der Waals surface area contributed by atoms with Crippen molar-refractivity contribution in [3.05, 3.63) is 69.8 Å². The van der Waals surface area contributed by atoms with E-state index in [0.29, 0.717) is 37.0 Å². The molecule has 4 atom stereocenters. The molecule has 0 spiro atoms. The van der Waals surface area contributed by atoms with E-state index in [-0.39, 0.29) is 41.6 Å². The molecule has 0 radical (unpaired) electrons. The number of carbonyl (C=O) groups excluding carboxylic acids is 4. The number of allylic oxidation sites excluding steroid dienone is 4. The third kappa shape index (κ3) is 7.63. The molecule has 0 aromatic heterocycles. The lowest BCUT2D eigenvalue weighted by atomic mass is 9.63. The number of hydrogen-bond donors (Lipinski definition) is 0. The first kappa shape index (κ1) is 35.6. The monoisotopic (exact) mass is 660 g/mol. The van der Waals surface area contributed by atoms with E-state index in [1.54, 1.807) is 26.0 Å². The molecule has 4 aliphatic heterocycles. The lowest BCUT2D eigenvalue weighted by Gasteiger charge is -2.41. The summed E-state index contributed by atoms with van der Waals surface area (Å²) >= 11 is 0. The molecule has 4 heterocycles. The Balaban J connectivity index is 1.36. The number of ether oxygens (including phenoxy) is 4. The van der Waals surface area contributed by atoms with Gasteiger partial charge in [-0.2, -0.15) is 0 Å². The Morgan fingerprint density at radius 3 is 1.88 bits per heavy atom. The van der Waals surface area contributed by atoms with Gasteiger partial charge in [-0.05, 0) is 119 Å². The second-order valence-corrected chi connectivity index (χ2v) is 15.6. The molecule has 0 aromatic rings. The van der Waals surface area contributed by atoms with E-state index < -0.39 is 16.6 Å². The summed E-state index contributed by atoms with van der Waals surface area (Å²) in [5, 5.41) is 0. The second-order valence-electron chi connectivity index (χ2n) is 15.6. The molecule has 0 fully saturated rings. The zero-order valence-electron chi connectivity index (χ0n) is 30.0. The van der Waals surface area contributed by atoms with Crippen LogP contribution in [0.3, 0.4) is 0 Å². The van der Waals surface area contributed by atoms with Gasteiger partial charge in [0.05, 0.1) is 11.0 Å². The lowest BCUT2D eigenvalue weighted by molar-refractivity contribution is -0.143. The summed E-state index contributed by atoms with van der Waals surface area (Å²) in [6, 6.07) is 0. The molecule has 8 heteroatoms. The van der Waals surface area contributed by atoms with Gasteiger partial charge >= 0.3 is 11.9 Å². The third-order valence-corrected chi connectivity index (χ3v) is 10.4. The van der Waals surface area contributed by atoms with Crippen LogP contribution in [0.5, 0.6) is 0 Å². The van der Waals surface area contributed by atoms with E-state index in [0.717, 1.165) is 61.0 Å². The molecular weight excluding hydrogens is 608 g/mol. The molecule has 0 unspecified atom stereocenters. The van der Waals surface area contributed by atoms with E-state index in [4.69, 9.17) is 18.9 Å². The van der Waals surface area contributed by atoms with Gasteiger partial charge in [0, 0.05) is 37.0 Å². The van der Waals surface area contributed by atoms with E-state index in [9.17, 15) is 19.2 Å². The largest absolute Gasteiger partial charge is 0.483 e. The average molecular weight is 661 g/mol. The van der Waals surface area contributed by atoms with Crippen LogP contribution >= 0.6 is 0 Å². The van der Waals surface area contributed by atoms with Gasteiger partial charge in [0.1, 0.15) is 23.7 Å². The summed E-state index contributed by atoms with van der Waals surface area (Å²) in [5.41, 5.74) is 2.24. The van der Waals surface area contributed by atoms with Crippen LogP contribution in [0.25, 0.3) is 0 Å². The van der Waals surface area contributed by atoms with Crippen LogP contribution in [0.1, 0.15) is 120 Å². The van der Waals surface area contributed by atoms with E-state index in [1.165, 1.54) is 11.6 Å². The lowest BCUT2D eigenvalue weighted by Crippen LogP contribution is -2.39. The standard InChI is InChI=1S/C40H52O8/c1-24(17-29-19-26(3)21-33(42)45-29)11-9-13-28-14-16-40(32-23-31(41)38(5,6)47-32,35-36(28)48-39(7,8)37(35)44)15-10-12-25(2)18-30-20-27(4)22-34(43)46-30/h17-18,21-23,28-30H,9-16,19-20H2,1-8H3/t28-,29-,30-,40+/m1/s1. The Labute approximate surface area is 285 Å². The third-order valence-electron chi connectivity index (χ3n) is 10.4. The van der Waals surface area contributed by atoms with Crippen LogP contribution in [0, 0.1) is 11.3 Å². The van der Waals surface area contributed by atoms with E-state index in [1.807, 2.05) is 40.7 Å². The summed E-state index contributed by atoms with van der Waals surface area (Å²) < 4.78 is 23.9. The molecule has 260 valence electrons. The minimum Gasteiger partial charge on any atom is -0.483 e. The van der Waals surface area contributed by atoms with Crippen LogP contribution in [0.2, 0.25) is 0 Å². The first-order chi connectivity index (χ1) is 22.5. The Kier molecular flexibility index (Phi) is 10.1. The zero-order chi connectivity index (χ0) is 35.0. The van der Waals surface area contributed by atoms with Crippen LogP contribution in [0.4, 0.5) is 0 Å². The predicted molar refractivity (Wildman–Crippen MR) is 182 cm³/mol. The van der Waals surface area contributed by atoms with Crippen molar-refractivity contribution < 1.29 is 38.1 Å². The first-order valence-electron chi connectivity index (χ1n) is 17.5. The van der Waals surface area contributed by atoms with Crippen LogP contribution < -0.4 is 0 Å². The molecule has 0 saturated heterocycles. The Morgan fingerprint density at radius 2 is 1.35 bits per heavy atom. The fraction of sp³-hybridized carbons (Fsp3) is 0.600. The number of rotatable bonds is 11. The molecule has 1 aliphatic carbocycles. The molecule has 5 aliphatic rings. The number of esters is 2. The number of Topliss-reactive ketones (excluding diaryl/α,β-unsaturated/α-hetero) is 1. The maximum absolute atomic E-state index is 14.2. The number of ketones is 2. The minimum absolute atomic E-state index is 0.0360. The summed E-state index contributed by atoms with van der Waals surface area (Å²) in [7, 11) is 0. The summed E-state index contributed by atoms with van der Waals surface area (Å²) in [5.74, 6) is 0.680. The van der Waals surface area contributed by atoms with Crippen molar-refractivity contribution in [2.24, 2.45) is 11.3 Å². The van der Waals surface area contributed by atoms with Crippen molar-refractivity contribution in [3.8, 4) is 0 Å². The van der Waals surface area contributed by atoms with Crippen LogP contribution in [-0.4, -0.2) is 46.9 Å². The smallest absolute Gasteiger partial charge is 0.331 e. The van der Waals surface area contributed by atoms with Crippen molar-refractivity contribution >= 4 is 23.5 Å². The van der Waals surface area contributed by atoms with E-state index in [2.05, 4.69) is 13.0 Å². The van der Waals surface area contributed by atoms with Crippen LogP contribution in [-0.2, 0) is 38.1 Å². The van der Waals surface area contributed by atoms with Crippen molar-refractivity contribution in [3.63, 3.8) is 0 Å².